The molecule has 2 rings (SSSR count). The van der Waals surface area contributed by atoms with E-state index >= 15 is 0 Å². The van der Waals surface area contributed by atoms with E-state index in [2.05, 4.69) is 5.32 Å². The van der Waals surface area contributed by atoms with Gasteiger partial charge in [-0.15, -0.1) is 0 Å². The molecule has 0 aromatic heterocycles. The molecule has 2 N–H and O–H groups in total. The normalized spacial score (nSPS) is 16.5. The van der Waals surface area contributed by atoms with Crippen LogP contribution in [0, 0.1) is 12.8 Å². The number of rotatable bonds is 7. The third-order valence-corrected chi connectivity index (χ3v) is 3.80. The van der Waals surface area contributed by atoms with E-state index in [9.17, 15) is 4.79 Å². The molecular weight excluding hydrogens is 254 g/mol. The molecule has 0 bridgehead atoms. The van der Waals surface area contributed by atoms with Crippen molar-refractivity contribution in [1.82, 2.24) is 5.32 Å². The maximum Gasteiger partial charge on any atom is 0.223 e. The summed E-state index contributed by atoms with van der Waals surface area (Å²) in [6, 6.07) is 8.07. The van der Waals surface area contributed by atoms with Crippen molar-refractivity contribution in [3.8, 4) is 0 Å². The molecule has 1 aliphatic rings. The number of nitrogens with one attached hydrogen (secondary N) is 1. The largest absolute Gasteiger partial charge is 0.394 e. The summed E-state index contributed by atoms with van der Waals surface area (Å²) in [4.78, 5) is 11.9. The smallest absolute Gasteiger partial charge is 0.223 e. The number of hydrogen-bond donors (Lipinski definition) is 2. The maximum absolute atomic E-state index is 11.9. The molecule has 0 saturated heterocycles. The lowest BCUT2D eigenvalue weighted by molar-refractivity contribution is -0.128. The van der Waals surface area contributed by atoms with Gasteiger partial charge in [0.25, 0.3) is 0 Å². The summed E-state index contributed by atoms with van der Waals surface area (Å²) in [6.45, 7) is 2.75. The first-order chi connectivity index (χ1) is 9.70. The Bertz CT molecular complexity index is 426. The van der Waals surface area contributed by atoms with E-state index in [0.29, 0.717) is 6.54 Å². The molecule has 1 aromatic carbocycles. The summed E-state index contributed by atoms with van der Waals surface area (Å²) in [5.41, 5.74) is 2.21. The highest BCUT2D eigenvalue weighted by Gasteiger charge is 2.25. The number of aryl methyl sites for hydroxylation is 1. The van der Waals surface area contributed by atoms with E-state index in [4.69, 9.17) is 9.84 Å². The minimum absolute atomic E-state index is 0.0149. The highest BCUT2D eigenvalue weighted by Crippen LogP contribution is 2.26. The van der Waals surface area contributed by atoms with Crippen molar-refractivity contribution in [3.05, 3.63) is 35.4 Å². The Labute approximate surface area is 120 Å². The van der Waals surface area contributed by atoms with Gasteiger partial charge < -0.3 is 15.2 Å². The lowest BCUT2D eigenvalue weighted by Crippen LogP contribution is -2.37. The molecule has 0 aliphatic heterocycles. The van der Waals surface area contributed by atoms with Gasteiger partial charge >= 0.3 is 0 Å². The van der Waals surface area contributed by atoms with Gasteiger partial charge in [-0.05, 0) is 25.3 Å². The van der Waals surface area contributed by atoms with E-state index in [0.717, 1.165) is 24.8 Å². The number of ether oxygens (including phenoxy) is 1. The molecule has 1 aromatic rings. The molecule has 110 valence electrons. The number of aliphatic hydroxyl groups is 1. The van der Waals surface area contributed by atoms with Crippen LogP contribution >= 0.6 is 0 Å². The van der Waals surface area contributed by atoms with Gasteiger partial charge in [0, 0.05) is 12.5 Å². The van der Waals surface area contributed by atoms with Crippen molar-refractivity contribution < 1.29 is 14.6 Å². The zero-order chi connectivity index (χ0) is 14.4. The van der Waals surface area contributed by atoms with Crippen LogP contribution in [-0.2, 0) is 9.53 Å². The first-order valence-corrected chi connectivity index (χ1v) is 7.27. The van der Waals surface area contributed by atoms with Crippen molar-refractivity contribution >= 4 is 5.91 Å². The van der Waals surface area contributed by atoms with Gasteiger partial charge in [0.2, 0.25) is 5.91 Å². The summed E-state index contributed by atoms with van der Waals surface area (Å²) < 4.78 is 5.63. The van der Waals surface area contributed by atoms with E-state index < -0.39 is 0 Å². The fourth-order valence-corrected chi connectivity index (χ4v) is 2.26. The molecule has 20 heavy (non-hydrogen) atoms. The van der Waals surface area contributed by atoms with Crippen molar-refractivity contribution in [1.29, 1.82) is 0 Å². The van der Waals surface area contributed by atoms with Gasteiger partial charge in [0.15, 0.2) is 0 Å². The number of carbonyl (C=O) groups is 1. The average Bonchev–Trinajstić information content (AvgIpc) is 2.38. The number of aliphatic hydroxyl groups excluding tert-OH is 1. The molecule has 0 radical (unpaired) electrons. The van der Waals surface area contributed by atoms with Crippen LogP contribution < -0.4 is 5.32 Å². The number of amides is 1. The van der Waals surface area contributed by atoms with E-state index in [-0.39, 0.29) is 31.1 Å². The fourth-order valence-electron chi connectivity index (χ4n) is 2.26. The maximum atomic E-state index is 11.9. The molecule has 4 heteroatoms. The summed E-state index contributed by atoms with van der Waals surface area (Å²) in [7, 11) is 0. The molecule has 4 nitrogen and oxygen atoms in total. The quantitative estimate of drug-likeness (QED) is 0.801. The SMILES string of the molecule is Cc1ccc([C@H](CNC(=O)C2CCC2)OCCO)cc1. The molecule has 1 amide bonds. The molecule has 0 unspecified atom stereocenters. The van der Waals surface area contributed by atoms with Crippen LogP contribution in [0.3, 0.4) is 0 Å². The second-order valence-electron chi connectivity index (χ2n) is 5.37. The van der Waals surface area contributed by atoms with Crippen LogP contribution in [0.2, 0.25) is 0 Å². The minimum Gasteiger partial charge on any atom is -0.394 e. The minimum atomic E-state index is -0.202. The molecule has 1 aliphatic carbocycles. The number of hydrogen-bond acceptors (Lipinski definition) is 3. The van der Waals surface area contributed by atoms with Crippen molar-refractivity contribution in [2.75, 3.05) is 19.8 Å². The summed E-state index contributed by atoms with van der Waals surface area (Å²) in [5, 5.41) is 11.9. The Hall–Kier alpha value is -1.39. The Balaban J connectivity index is 1.92. The van der Waals surface area contributed by atoms with Crippen molar-refractivity contribution in [2.24, 2.45) is 5.92 Å². The second-order valence-corrected chi connectivity index (χ2v) is 5.37. The lowest BCUT2D eigenvalue weighted by atomic mass is 9.85. The zero-order valence-electron chi connectivity index (χ0n) is 12.0. The summed E-state index contributed by atoms with van der Waals surface area (Å²) in [6.07, 6.45) is 2.95. The molecule has 1 fully saturated rings. The summed E-state index contributed by atoms with van der Waals surface area (Å²) >= 11 is 0. The van der Waals surface area contributed by atoms with Crippen LogP contribution in [0.25, 0.3) is 0 Å². The highest BCUT2D eigenvalue weighted by atomic mass is 16.5. The first-order valence-electron chi connectivity index (χ1n) is 7.27. The van der Waals surface area contributed by atoms with Gasteiger partial charge in [-0.2, -0.15) is 0 Å². The van der Waals surface area contributed by atoms with Crippen molar-refractivity contribution in [2.45, 2.75) is 32.3 Å². The van der Waals surface area contributed by atoms with Crippen LogP contribution in [0.4, 0.5) is 0 Å². The van der Waals surface area contributed by atoms with Crippen LogP contribution in [0.15, 0.2) is 24.3 Å². The molecule has 0 spiro atoms. The second kappa shape index (κ2) is 7.41. The Morgan fingerprint density at radius 2 is 2.10 bits per heavy atom. The van der Waals surface area contributed by atoms with E-state index in [1.54, 1.807) is 0 Å². The van der Waals surface area contributed by atoms with Crippen LogP contribution in [0.1, 0.15) is 36.5 Å². The highest BCUT2D eigenvalue weighted by molar-refractivity contribution is 5.79. The standard InChI is InChI=1S/C16H23NO3/c1-12-5-7-13(8-6-12)15(20-10-9-18)11-17-16(19)14-3-2-4-14/h5-8,14-15,18H,2-4,9-11H2,1H3,(H,17,19)/t15-/m0/s1. The third-order valence-electron chi connectivity index (χ3n) is 3.80. The first kappa shape index (κ1) is 15.0. The van der Waals surface area contributed by atoms with Crippen molar-refractivity contribution in [3.63, 3.8) is 0 Å². The van der Waals surface area contributed by atoms with E-state index in [1.807, 2.05) is 31.2 Å². The predicted molar refractivity (Wildman–Crippen MR) is 77.3 cm³/mol. The predicted octanol–water partition coefficient (Wildman–Crippen LogP) is 1.96. The zero-order valence-corrected chi connectivity index (χ0v) is 12.0. The molecule has 1 saturated carbocycles. The molecular formula is C16H23NO3. The van der Waals surface area contributed by atoms with Gasteiger partial charge in [-0.1, -0.05) is 36.2 Å². The fraction of sp³-hybridized carbons (Fsp3) is 0.562. The average molecular weight is 277 g/mol. The van der Waals surface area contributed by atoms with Gasteiger partial charge in [-0.3, -0.25) is 4.79 Å². The lowest BCUT2D eigenvalue weighted by Gasteiger charge is -2.26. The molecule has 0 heterocycles. The number of carbonyl (C=O) groups excluding carboxylic acids is 1. The number of benzene rings is 1. The van der Waals surface area contributed by atoms with Gasteiger partial charge in [0.05, 0.1) is 19.3 Å². The molecule has 1 atom stereocenters. The third kappa shape index (κ3) is 4.05. The Morgan fingerprint density at radius 3 is 2.65 bits per heavy atom. The summed E-state index contributed by atoms with van der Waals surface area (Å²) in [5.74, 6) is 0.312. The van der Waals surface area contributed by atoms with Gasteiger partial charge in [-0.25, -0.2) is 0 Å². The van der Waals surface area contributed by atoms with Gasteiger partial charge in [0.1, 0.15) is 0 Å². The Kier molecular flexibility index (Phi) is 5.56. The van der Waals surface area contributed by atoms with E-state index in [1.165, 1.54) is 5.56 Å². The monoisotopic (exact) mass is 277 g/mol. The topological polar surface area (TPSA) is 58.6 Å². The van der Waals surface area contributed by atoms with Crippen LogP contribution in [0.5, 0.6) is 0 Å². The Morgan fingerprint density at radius 1 is 1.40 bits per heavy atom. The van der Waals surface area contributed by atoms with Crippen LogP contribution in [-0.4, -0.2) is 30.8 Å².